The molecule has 1 aromatic carbocycles. The summed E-state index contributed by atoms with van der Waals surface area (Å²) in [5.41, 5.74) is 1.23. The van der Waals surface area contributed by atoms with Crippen LogP contribution in [0.2, 0.25) is 0 Å². The Hall–Kier alpha value is -3.40. The number of carbonyl (C=O) groups excluding carboxylic acids is 3. The average Bonchev–Trinajstić information content (AvgIpc) is 3.21. The van der Waals surface area contributed by atoms with Crippen LogP contribution >= 0.6 is 11.8 Å². The zero-order valence-corrected chi connectivity index (χ0v) is 16.4. The smallest absolute Gasteiger partial charge is 0.326 e. The van der Waals surface area contributed by atoms with Gasteiger partial charge < -0.3 is 9.30 Å². The maximum absolute atomic E-state index is 12.6. The number of benzene rings is 1. The van der Waals surface area contributed by atoms with Gasteiger partial charge in [-0.3, -0.25) is 29.4 Å². The molecule has 29 heavy (non-hydrogen) atoms. The number of hydrogen-bond acceptors (Lipinski definition) is 7. The second kappa shape index (κ2) is 8.31. The fraction of sp³-hybridized carbons (Fsp3) is 0.211. The number of ether oxygens (including phenoxy) is 1. The van der Waals surface area contributed by atoms with Crippen LogP contribution in [0.15, 0.2) is 47.5 Å². The number of esters is 1. The molecule has 1 fully saturated rings. The number of non-ortho nitro benzene ring substituents is 1. The van der Waals surface area contributed by atoms with E-state index in [2.05, 4.69) is 0 Å². The molecule has 0 bridgehead atoms. The van der Waals surface area contributed by atoms with Crippen LogP contribution in [-0.4, -0.2) is 44.2 Å². The Bertz CT molecular complexity index is 1010. The molecule has 150 valence electrons. The molecule has 2 amide bonds. The van der Waals surface area contributed by atoms with Crippen LogP contribution in [0, 0.1) is 10.1 Å². The lowest BCUT2D eigenvalue weighted by atomic mass is 10.2. The summed E-state index contributed by atoms with van der Waals surface area (Å²) in [6, 6.07) is 9.42. The molecule has 0 unspecified atom stereocenters. The lowest BCUT2D eigenvalue weighted by Crippen LogP contribution is -2.35. The Morgan fingerprint density at radius 3 is 2.55 bits per heavy atom. The predicted molar refractivity (Wildman–Crippen MR) is 106 cm³/mol. The first-order chi connectivity index (χ1) is 13.8. The number of thioether (sulfide) groups is 1. The summed E-state index contributed by atoms with van der Waals surface area (Å²) in [5, 5.41) is 10.3. The molecule has 3 rings (SSSR count). The number of imide groups is 1. The molecule has 0 aliphatic carbocycles. The van der Waals surface area contributed by atoms with Crippen molar-refractivity contribution in [2.75, 3.05) is 6.54 Å². The first kappa shape index (κ1) is 20.3. The SMILES string of the molecule is CC(C)OC(=O)CN1C(=O)S/C(=C/c2cccn2-c2ccc([N+](=O)[O-])cc2)C1=O. The van der Waals surface area contributed by atoms with Gasteiger partial charge in [0.2, 0.25) is 0 Å². The van der Waals surface area contributed by atoms with Gasteiger partial charge in [0.25, 0.3) is 16.8 Å². The number of aromatic nitrogens is 1. The van der Waals surface area contributed by atoms with Crippen molar-refractivity contribution in [1.29, 1.82) is 0 Å². The number of amides is 2. The van der Waals surface area contributed by atoms with E-state index in [9.17, 15) is 24.5 Å². The summed E-state index contributed by atoms with van der Waals surface area (Å²) < 4.78 is 6.71. The summed E-state index contributed by atoms with van der Waals surface area (Å²) in [6.07, 6.45) is 2.93. The van der Waals surface area contributed by atoms with Crippen molar-refractivity contribution in [1.82, 2.24) is 9.47 Å². The summed E-state index contributed by atoms with van der Waals surface area (Å²) in [4.78, 5) is 47.8. The zero-order valence-electron chi connectivity index (χ0n) is 15.6. The third kappa shape index (κ3) is 4.54. The van der Waals surface area contributed by atoms with Crippen molar-refractivity contribution < 1.29 is 24.0 Å². The van der Waals surface area contributed by atoms with Crippen LogP contribution in [0.25, 0.3) is 11.8 Å². The van der Waals surface area contributed by atoms with Crippen LogP contribution in [0.4, 0.5) is 10.5 Å². The molecule has 0 radical (unpaired) electrons. The van der Waals surface area contributed by atoms with Crippen LogP contribution in [0.3, 0.4) is 0 Å². The number of nitrogens with zero attached hydrogens (tertiary/aromatic N) is 3. The molecule has 0 saturated carbocycles. The second-order valence-corrected chi connectivity index (χ2v) is 7.38. The molecule has 0 N–H and O–H groups in total. The highest BCUT2D eigenvalue weighted by Crippen LogP contribution is 2.32. The average molecular weight is 415 g/mol. The molecule has 10 heteroatoms. The topological polar surface area (TPSA) is 112 Å². The van der Waals surface area contributed by atoms with E-state index in [1.165, 1.54) is 12.1 Å². The lowest BCUT2D eigenvalue weighted by Gasteiger charge is -2.13. The minimum Gasteiger partial charge on any atom is -0.462 e. The second-order valence-electron chi connectivity index (χ2n) is 6.38. The summed E-state index contributed by atoms with van der Waals surface area (Å²) in [7, 11) is 0. The van der Waals surface area contributed by atoms with E-state index in [0.717, 1.165) is 16.7 Å². The van der Waals surface area contributed by atoms with Gasteiger partial charge in [-0.2, -0.15) is 0 Å². The molecule has 0 atom stereocenters. The lowest BCUT2D eigenvalue weighted by molar-refractivity contribution is -0.384. The van der Waals surface area contributed by atoms with Crippen LogP contribution in [-0.2, 0) is 14.3 Å². The van der Waals surface area contributed by atoms with Gasteiger partial charge in [0.1, 0.15) is 6.54 Å². The van der Waals surface area contributed by atoms with Crippen LogP contribution in [0.1, 0.15) is 19.5 Å². The van der Waals surface area contributed by atoms with Gasteiger partial charge in [-0.1, -0.05) is 0 Å². The van der Waals surface area contributed by atoms with Gasteiger partial charge in [-0.15, -0.1) is 0 Å². The van der Waals surface area contributed by atoms with Gasteiger partial charge in [0.15, 0.2) is 0 Å². The largest absolute Gasteiger partial charge is 0.462 e. The Morgan fingerprint density at radius 1 is 1.24 bits per heavy atom. The summed E-state index contributed by atoms with van der Waals surface area (Å²) in [6.45, 7) is 2.92. The Kier molecular flexibility index (Phi) is 5.83. The molecule has 9 nitrogen and oxygen atoms in total. The van der Waals surface area contributed by atoms with E-state index in [1.54, 1.807) is 55.0 Å². The van der Waals surface area contributed by atoms with E-state index in [4.69, 9.17) is 4.74 Å². The highest BCUT2D eigenvalue weighted by Gasteiger charge is 2.37. The molecule has 2 heterocycles. The zero-order chi connectivity index (χ0) is 21.1. The molecule has 2 aromatic rings. The molecule has 0 spiro atoms. The van der Waals surface area contributed by atoms with Crippen molar-refractivity contribution in [2.45, 2.75) is 20.0 Å². The number of nitro groups is 1. The number of hydrogen-bond donors (Lipinski definition) is 0. The van der Waals surface area contributed by atoms with Gasteiger partial charge in [-0.25, -0.2) is 0 Å². The molecular weight excluding hydrogens is 398 g/mol. The van der Waals surface area contributed by atoms with E-state index in [0.29, 0.717) is 11.4 Å². The fourth-order valence-electron chi connectivity index (χ4n) is 2.68. The highest BCUT2D eigenvalue weighted by molar-refractivity contribution is 8.18. The molecule has 1 aliphatic rings. The van der Waals surface area contributed by atoms with Gasteiger partial charge >= 0.3 is 5.97 Å². The highest BCUT2D eigenvalue weighted by atomic mass is 32.2. The quantitative estimate of drug-likeness (QED) is 0.308. The Balaban J connectivity index is 1.82. The monoisotopic (exact) mass is 415 g/mol. The maximum Gasteiger partial charge on any atom is 0.326 e. The minimum atomic E-state index is -0.655. The van der Waals surface area contributed by atoms with Crippen LogP contribution in [0.5, 0.6) is 0 Å². The molecule has 1 aliphatic heterocycles. The normalized spacial score (nSPS) is 15.4. The molecular formula is C19H17N3O6S. The molecule has 1 aromatic heterocycles. The minimum absolute atomic E-state index is 0.0307. The fourth-order valence-corrected chi connectivity index (χ4v) is 3.50. The van der Waals surface area contributed by atoms with Crippen LogP contribution < -0.4 is 0 Å². The van der Waals surface area contributed by atoms with E-state index >= 15 is 0 Å². The van der Waals surface area contributed by atoms with E-state index < -0.39 is 28.6 Å². The summed E-state index contributed by atoms with van der Waals surface area (Å²) >= 11 is 0.739. The number of rotatable bonds is 6. The van der Waals surface area contributed by atoms with Crippen molar-refractivity contribution >= 4 is 40.6 Å². The van der Waals surface area contributed by atoms with Crippen molar-refractivity contribution in [3.8, 4) is 5.69 Å². The van der Waals surface area contributed by atoms with Crippen molar-refractivity contribution in [3.63, 3.8) is 0 Å². The third-order valence-corrected chi connectivity index (χ3v) is 4.83. The van der Waals surface area contributed by atoms with E-state index in [-0.39, 0.29) is 16.7 Å². The van der Waals surface area contributed by atoms with Gasteiger partial charge in [-0.05, 0) is 56.0 Å². The predicted octanol–water partition coefficient (Wildman–Crippen LogP) is 3.37. The van der Waals surface area contributed by atoms with Gasteiger partial charge in [0, 0.05) is 29.7 Å². The maximum atomic E-state index is 12.6. The Morgan fingerprint density at radius 2 is 1.93 bits per heavy atom. The van der Waals surface area contributed by atoms with Crippen molar-refractivity contribution in [3.05, 3.63) is 63.3 Å². The first-order valence-corrected chi connectivity index (χ1v) is 9.45. The standard InChI is InChI=1S/C19H17N3O6S/c1-12(2)28-17(23)11-21-18(24)16(29-19(21)25)10-15-4-3-9-20(15)13-5-7-14(8-6-13)22(26)27/h3-10,12H,11H2,1-2H3/b16-10+. The third-order valence-electron chi connectivity index (χ3n) is 3.93. The van der Waals surface area contributed by atoms with E-state index in [1.807, 2.05) is 0 Å². The van der Waals surface area contributed by atoms with Gasteiger partial charge in [0.05, 0.1) is 15.9 Å². The molecule has 1 saturated heterocycles. The summed E-state index contributed by atoms with van der Waals surface area (Å²) in [5.74, 6) is -1.23. The number of nitro benzene ring substituents is 1. The number of carbonyl (C=O) groups is 3. The first-order valence-electron chi connectivity index (χ1n) is 8.63. The van der Waals surface area contributed by atoms with Crippen molar-refractivity contribution in [2.24, 2.45) is 0 Å². The Labute approximate surface area is 170 Å².